The Balaban J connectivity index is 1.89. The number of amides is 2. The number of nitrogens with zero attached hydrogens (tertiary/aromatic N) is 1. The fourth-order valence-electron chi connectivity index (χ4n) is 2.04. The lowest BCUT2D eigenvalue weighted by Gasteiger charge is -2.06. The molecule has 5 nitrogen and oxygen atoms in total. The number of aryl methyl sites for hydroxylation is 1. The molecule has 2 N–H and O–H groups in total. The fourth-order valence-corrected chi connectivity index (χ4v) is 2.04. The van der Waals surface area contributed by atoms with Crippen LogP contribution in [-0.2, 0) is 4.79 Å². The van der Waals surface area contributed by atoms with E-state index in [-0.39, 0.29) is 24.1 Å². The first kappa shape index (κ1) is 17.3. The second-order valence-electron chi connectivity index (χ2n) is 5.33. The van der Waals surface area contributed by atoms with Crippen LogP contribution in [0.2, 0.25) is 0 Å². The third kappa shape index (κ3) is 5.01. The molecule has 2 aromatic carbocycles. The van der Waals surface area contributed by atoms with Gasteiger partial charge in [-0.2, -0.15) is 5.10 Å². The lowest BCUT2D eigenvalue weighted by molar-refractivity contribution is -0.115. The van der Waals surface area contributed by atoms with Gasteiger partial charge < -0.3 is 5.32 Å². The molecular weight excluding hydrogens is 309 g/mol. The summed E-state index contributed by atoms with van der Waals surface area (Å²) >= 11 is 0. The molecule has 0 bridgehead atoms. The molecule has 0 heterocycles. The van der Waals surface area contributed by atoms with Crippen LogP contribution in [0.15, 0.2) is 53.6 Å². The highest BCUT2D eigenvalue weighted by Gasteiger charge is 2.08. The number of hydrogen-bond acceptors (Lipinski definition) is 3. The van der Waals surface area contributed by atoms with Crippen molar-refractivity contribution in [1.82, 2.24) is 5.43 Å². The Bertz CT molecular complexity index is 770. The summed E-state index contributed by atoms with van der Waals surface area (Å²) in [5, 5.41) is 6.56. The molecular formula is C18H18FN3O2. The van der Waals surface area contributed by atoms with Gasteiger partial charge in [0.05, 0.1) is 6.42 Å². The first-order chi connectivity index (χ1) is 11.5. The summed E-state index contributed by atoms with van der Waals surface area (Å²) in [4.78, 5) is 23.9. The molecule has 0 aromatic heterocycles. The van der Waals surface area contributed by atoms with Crippen LogP contribution in [0.5, 0.6) is 0 Å². The average molecular weight is 327 g/mol. The van der Waals surface area contributed by atoms with Gasteiger partial charge in [0, 0.05) is 17.0 Å². The van der Waals surface area contributed by atoms with E-state index in [9.17, 15) is 14.0 Å². The summed E-state index contributed by atoms with van der Waals surface area (Å²) in [6, 6.07) is 12.6. The summed E-state index contributed by atoms with van der Waals surface area (Å²) in [5.74, 6) is -0.996. The number of hydrogen-bond donors (Lipinski definition) is 2. The predicted molar refractivity (Wildman–Crippen MR) is 91.4 cm³/mol. The van der Waals surface area contributed by atoms with Gasteiger partial charge in [-0.15, -0.1) is 0 Å². The standard InChI is InChI=1S/C18H18FN3O2/c1-12-5-3-4-6-16(12)18(24)22-21-13(2)11-17(23)20-15-9-7-14(19)8-10-15/h3-10H,11H2,1-2H3,(H,20,23)(H,22,24)/b21-13+. The number of carbonyl (C=O) groups is 2. The smallest absolute Gasteiger partial charge is 0.271 e. The van der Waals surface area contributed by atoms with E-state index >= 15 is 0 Å². The summed E-state index contributed by atoms with van der Waals surface area (Å²) in [7, 11) is 0. The third-order valence-electron chi connectivity index (χ3n) is 3.28. The molecule has 2 aromatic rings. The zero-order valence-electron chi connectivity index (χ0n) is 13.5. The summed E-state index contributed by atoms with van der Waals surface area (Å²) in [6.45, 7) is 3.48. The van der Waals surface area contributed by atoms with Crippen molar-refractivity contribution >= 4 is 23.2 Å². The molecule has 6 heteroatoms. The predicted octanol–water partition coefficient (Wildman–Crippen LogP) is 3.27. The number of rotatable bonds is 5. The van der Waals surface area contributed by atoms with Crippen LogP contribution in [0.25, 0.3) is 0 Å². The summed E-state index contributed by atoms with van der Waals surface area (Å²) < 4.78 is 12.8. The lowest BCUT2D eigenvalue weighted by Crippen LogP contribution is -2.22. The normalized spacial score (nSPS) is 11.0. The second kappa shape index (κ2) is 8.01. The Hall–Kier alpha value is -3.02. The summed E-state index contributed by atoms with van der Waals surface area (Å²) in [6.07, 6.45) is 0.0193. The van der Waals surface area contributed by atoms with E-state index in [0.717, 1.165) is 5.56 Å². The zero-order chi connectivity index (χ0) is 17.5. The first-order valence-electron chi connectivity index (χ1n) is 7.40. The molecule has 2 rings (SSSR count). The van der Waals surface area contributed by atoms with Gasteiger partial charge in [-0.25, -0.2) is 9.82 Å². The van der Waals surface area contributed by atoms with E-state index in [4.69, 9.17) is 0 Å². The van der Waals surface area contributed by atoms with Crippen molar-refractivity contribution < 1.29 is 14.0 Å². The minimum Gasteiger partial charge on any atom is -0.326 e. The van der Waals surface area contributed by atoms with Crippen LogP contribution < -0.4 is 10.7 Å². The molecule has 0 spiro atoms. The monoisotopic (exact) mass is 327 g/mol. The first-order valence-corrected chi connectivity index (χ1v) is 7.40. The molecule has 0 atom stereocenters. The van der Waals surface area contributed by atoms with E-state index in [1.54, 1.807) is 19.1 Å². The highest BCUT2D eigenvalue weighted by atomic mass is 19.1. The summed E-state index contributed by atoms with van der Waals surface area (Å²) in [5.41, 5.74) is 4.77. The van der Waals surface area contributed by atoms with Crippen molar-refractivity contribution in [3.8, 4) is 0 Å². The van der Waals surface area contributed by atoms with E-state index in [2.05, 4.69) is 15.8 Å². The Labute approximate surface area is 139 Å². The molecule has 124 valence electrons. The third-order valence-corrected chi connectivity index (χ3v) is 3.28. The van der Waals surface area contributed by atoms with Crippen molar-refractivity contribution in [2.75, 3.05) is 5.32 Å². The number of carbonyl (C=O) groups excluding carboxylic acids is 2. The Morgan fingerprint density at radius 1 is 1.08 bits per heavy atom. The van der Waals surface area contributed by atoms with E-state index < -0.39 is 0 Å². The molecule has 0 saturated carbocycles. The van der Waals surface area contributed by atoms with Gasteiger partial charge in [0.25, 0.3) is 5.91 Å². The van der Waals surface area contributed by atoms with Gasteiger partial charge in [-0.3, -0.25) is 9.59 Å². The van der Waals surface area contributed by atoms with E-state index in [1.165, 1.54) is 24.3 Å². The molecule has 0 aliphatic rings. The van der Waals surface area contributed by atoms with Gasteiger partial charge in [0.2, 0.25) is 5.91 Å². The SMILES string of the molecule is C/C(CC(=O)Nc1ccc(F)cc1)=N\NC(=O)c1ccccc1C. The Morgan fingerprint density at radius 3 is 2.42 bits per heavy atom. The number of anilines is 1. The van der Waals surface area contributed by atoms with Gasteiger partial charge in [0.15, 0.2) is 0 Å². The highest BCUT2D eigenvalue weighted by Crippen LogP contribution is 2.09. The van der Waals surface area contributed by atoms with Gasteiger partial charge in [-0.1, -0.05) is 18.2 Å². The number of hydrazone groups is 1. The van der Waals surface area contributed by atoms with Crippen LogP contribution in [0.4, 0.5) is 10.1 Å². The van der Waals surface area contributed by atoms with Gasteiger partial charge in [-0.05, 0) is 49.7 Å². The number of halogens is 1. The van der Waals surface area contributed by atoms with E-state index in [0.29, 0.717) is 17.0 Å². The lowest BCUT2D eigenvalue weighted by atomic mass is 10.1. The number of nitrogens with one attached hydrogen (secondary N) is 2. The van der Waals surface area contributed by atoms with Crippen LogP contribution in [0.1, 0.15) is 29.3 Å². The molecule has 2 amide bonds. The van der Waals surface area contributed by atoms with Gasteiger partial charge in [0.1, 0.15) is 5.82 Å². The minimum absolute atomic E-state index is 0.0193. The van der Waals surface area contributed by atoms with Crippen molar-refractivity contribution in [3.63, 3.8) is 0 Å². The maximum atomic E-state index is 12.8. The zero-order valence-corrected chi connectivity index (χ0v) is 13.5. The average Bonchev–Trinajstić information content (AvgIpc) is 2.55. The maximum absolute atomic E-state index is 12.8. The quantitative estimate of drug-likeness (QED) is 0.653. The van der Waals surface area contributed by atoms with Crippen LogP contribution in [-0.4, -0.2) is 17.5 Å². The van der Waals surface area contributed by atoms with Crippen molar-refractivity contribution in [3.05, 3.63) is 65.5 Å². The highest BCUT2D eigenvalue weighted by molar-refractivity contribution is 6.06. The minimum atomic E-state index is -0.371. The Kier molecular flexibility index (Phi) is 5.78. The topological polar surface area (TPSA) is 70.6 Å². The van der Waals surface area contributed by atoms with Crippen LogP contribution >= 0.6 is 0 Å². The Morgan fingerprint density at radius 2 is 1.75 bits per heavy atom. The second-order valence-corrected chi connectivity index (χ2v) is 5.33. The van der Waals surface area contributed by atoms with E-state index in [1.807, 2.05) is 19.1 Å². The van der Waals surface area contributed by atoms with Gasteiger partial charge >= 0.3 is 0 Å². The largest absolute Gasteiger partial charge is 0.326 e. The molecule has 0 aliphatic heterocycles. The molecule has 0 unspecified atom stereocenters. The molecule has 0 saturated heterocycles. The fraction of sp³-hybridized carbons (Fsp3) is 0.167. The number of benzene rings is 2. The van der Waals surface area contributed by atoms with Crippen LogP contribution in [0, 0.1) is 12.7 Å². The molecule has 0 radical (unpaired) electrons. The molecule has 24 heavy (non-hydrogen) atoms. The molecule has 0 fully saturated rings. The van der Waals surface area contributed by atoms with Crippen molar-refractivity contribution in [2.24, 2.45) is 5.10 Å². The van der Waals surface area contributed by atoms with Crippen LogP contribution in [0.3, 0.4) is 0 Å². The van der Waals surface area contributed by atoms with Crippen molar-refractivity contribution in [2.45, 2.75) is 20.3 Å². The van der Waals surface area contributed by atoms with Crippen molar-refractivity contribution in [1.29, 1.82) is 0 Å². The molecule has 0 aliphatic carbocycles. The maximum Gasteiger partial charge on any atom is 0.271 e.